The van der Waals surface area contributed by atoms with Gasteiger partial charge in [-0.3, -0.25) is 4.79 Å². The number of hydrogen-bond acceptors (Lipinski definition) is 2. The molecule has 0 amide bonds. The van der Waals surface area contributed by atoms with Crippen LogP contribution in [-0.4, -0.2) is 20.9 Å². The molecule has 0 unspecified atom stereocenters. The van der Waals surface area contributed by atoms with Crippen molar-refractivity contribution in [2.75, 3.05) is 7.11 Å². The number of carbonyl (C=O) groups excluding carboxylic acids is 1. The van der Waals surface area contributed by atoms with Gasteiger partial charge in [0.2, 0.25) is 0 Å². The normalized spacial score (nSPS) is 10.3. The van der Waals surface area contributed by atoms with E-state index in [1.807, 2.05) is 18.2 Å². The molecule has 0 aliphatic heterocycles. The minimum absolute atomic E-state index is 0.202. The maximum absolute atomic E-state index is 11.1. The predicted octanol–water partition coefficient (Wildman–Crippen LogP) is 0.814. The van der Waals surface area contributed by atoms with Crippen molar-refractivity contribution in [1.82, 2.24) is 0 Å². The summed E-state index contributed by atoms with van der Waals surface area (Å²) in [6.07, 6.45) is 0.334. The van der Waals surface area contributed by atoms with Crippen LogP contribution >= 0.6 is 0 Å². The van der Waals surface area contributed by atoms with E-state index in [0.29, 0.717) is 6.42 Å². The Morgan fingerprint density at radius 3 is 2.62 bits per heavy atom. The van der Waals surface area contributed by atoms with Crippen molar-refractivity contribution in [3.05, 3.63) is 42.0 Å². The van der Waals surface area contributed by atoms with Gasteiger partial charge in [-0.15, -0.1) is 0 Å². The molecule has 3 heteroatoms. The molecule has 2 aromatic rings. The van der Waals surface area contributed by atoms with Crippen LogP contribution in [0.15, 0.2) is 36.4 Å². The average Bonchev–Trinajstić information content (AvgIpc) is 2.29. The zero-order chi connectivity index (χ0) is 11.5. The lowest BCUT2D eigenvalue weighted by molar-refractivity contribution is -0.139. The molecular formula is C13H13BO2. The largest absolute Gasteiger partial charge is 0.469 e. The molecule has 0 N–H and O–H groups in total. The summed E-state index contributed by atoms with van der Waals surface area (Å²) in [6, 6.07) is 12.3. The molecule has 0 fully saturated rings. The number of esters is 1. The van der Waals surface area contributed by atoms with Gasteiger partial charge < -0.3 is 4.74 Å². The smallest absolute Gasteiger partial charge is 0.309 e. The van der Waals surface area contributed by atoms with Gasteiger partial charge in [-0.05, 0) is 16.3 Å². The fraction of sp³-hybridized carbons (Fsp3) is 0.154. The number of rotatable bonds is 2. The molecule has 0 saturated carbocycles. The summed E-state index contributed by atoms with van der Waals surface area (Å²) in [6.45, 7) is 0. The molecule has 0 spiro atoms. The predicted molar refractivity (Wildman–Crippen MR) is 67.8 cm³/mol. The lowest BCUT2D eigenvalue weighted by Crippen LogP contribution is -2.04. The third kappa shape index (κ3) is 2.24. The first-order valence-corrected chi connectivity index (χ1v) is 5.25. The van der Waals surface area contributed by atoms with Gasteiger partial charge in [0, 0.05) is 0 Å². The summed E-state index contributed by atoms with van der Waals surface area (Å²) in [7, 11) is 3.48. The molecule has 0 atom stereocenters. The van der Waals surface area contributed by atoms with E-state index in [1.54, 1.807) is 0 Å². The summed E-state index contributed by atoms with van der Waals surface area (Å²) in [4.78, 5) is 11.1. The molecule has 0 saturated heterocycles. The highest BCUT2D eigenvalue weighted by Gasteiger charge is 2.03. The van der Waals surface area contributed by atoms with Crippen LogP contribution in [0.3, 0.4) is 0 Å². The van der Waals surface area contributed by atoms with E-state index in [9.17, 15) is 4.79 Å². The third-order valence-electron chi connectivity index (χ3n) is 2.64. The molecule has 0 aliphatic rings. The Bertz CT molecular complexity index is 534. The second kappa shape index (κ2) is 4.39. The molecule has 2 aromatic carbocycles. The molecule has 0 radical (unpaired) electrons. The van der Waals surface area contributed by atoms with Crippen LogP contribution in [0.4, 0.5) is 0 Å². The van der Waals surface area contributed by atoms with Gasteiger partial charge in [0.15, 0.2) is 0 Å². The first-order valence-electron chi connectivity index (χ1n) is 5.25. The number of carbonyl (C=O) groups is 1. The van der Waals surface area contributed by atoms with E-state index in [2.05, 4.69) is 30.8 Å². The summed E-state index contributed by atoms with van der Waals surface area (Å²) in [5.41, 5.74) is 2.23. The number of methoxy groups -OCH3 is 1. The fourth-order valence-electron chi connectivity index (χ4n) is 1.76. The highest BCUT2D eigenvalue weighted by Crippen LogP contribution is 2.15. The van der Waals surface area contributed by atoms with Crippen molar-refractivity contribution in [2.24, 2.45) is 0 Å². The summed E-state index contributed by atoms with van der Waals surface area (Å²) < 4.78 is 4.65. The molecule has 0 aromatic heterocycles. The molecule has 2 nitrogen and oxygen atoms in total. The number of fused-ring (bicyclic) bond motifs is 1. The lowest BCUT2D eigenvalue weighted by atomic mass is 9.93. The molecule has 0 bridgehead atoms. The Kier molecular flexibility index (Phi) is 2.95. The number of hydrogen-bond donors (Lipinski definition) is 0. The van der Waals surface area contributed by atoms with Crippen LogP contribution in [0, 0.1) is 0 Å². The molecule has 0 heterocycles. The van der Waals surface area contributed by atoms with Crippen molar-refractivity contribution >= 4 is 30.1 Å². The van der Waals surface area contributed by atoms with Gasteiger partial charge in [0.05, 0.1) is 13.5 Å². The number of benzene rings is 2. The fourth-order valence-corrected chi connectivity index (χ4v) is 1.76. The Morgan fingerprint density at radius 1 is 1.19 bits per heavy atom. The molecular weight excluding hydrogens is 199 g/mol. The first-order chi connectivity index (χ1) is 7.69. The van der Waals surface area contributed by atoms with Gasteiger partial charge in [0.25, 0.3) is 0 Å². The monoisotopic (exact) mass is 212 g/mol. The quantitative estimate of drug-likeness (QED) is 0.544. The highest BCUT2D eigenvalue weighted by atomic mass is 16.5. The van der Waals surface area contributed by atoms with Crippen molar-refractivity contribution < 1.29 is 9.53 Å². The van der Waals surface area contributed by atoms with Crippen molar-refractivity contribution in [3.63, 3.8) is 0 Å². The Hall–Kier alpha value is -1.77. The second-order valence-corrected chi connectivity index (χ2v) is 3.94. The number of ether oxygens (including phenoxy) is 1. The Balaban J connectivity index is 2.37. The van der Waals surface area contributed by atoms with Gasteiger partial charge in [-0.2, -0.15) is 0 Å². The van der Waals surface area contributed by atoms with Gasteiger partial charge in [-0.25, -0.2) is 0 Å². The first kappa shape index (κ1) is 10.7. The van der Waals surface area contributed by atoms with E-state index in [-0.39, 0.29) is 5.97 Å². The third-order valence-corrected chi connectivity index (χ3v) is 2.64. The van der Waals surface area contributed by atoms with Crippen LogP contribution in [-0.2, 0) is 16.0 Å². The van der Waals surface area contributed by atoms with Crippen LogP contribution < -0.4 is 5.46 Å². The molecule has 2 rings (SSSR count). The summed E-state index contributed by atoms with van der Waals surface area (Å²) in [5, 5.41) is 2.36. The average molecular weight is 212 g/mol. The van der Waals surface area contributed by atoms with E-state index in [0.717, 1.165) is 10.9 Å². The lowest BCUT2D eigenvalue weighted by Gasteiger charge is -2.03. The maximum Gasteiger partial charge on any atom is 0.309 e. The van der Waals surface area contributed by atoms with Crippen molar-refractivity contribution in [3.8, 4) is 0 Å². The van der Waals surface area contributed by atoms with Crippen LogP contribution in [0.25, 0.3) is 10.8 Å². The zero-order valence-electron chi connectivity index (χ0n) is 9.49. The van der Waals surface area contributed by atoms with Crippen LogP contribution in [0.2, 0.25) is 0 Å². The Labute approximate surface area is 95.6 Å². The molecule has 0 aliphatic carbocycles. The van der Waals surface area contributed by atoms with E-state index in [1.165, 1.54) is 18.0 Å². The van der Waals surface area contributed by atoms with Gasteiger partial charge >= 0.3 is 5.97 Å². The van der Waals surface area contributed by atoms with Crippen molar-refractivity contribution in [1.29, 1.82) is 0 Å². The van der Waals surface area contributed by atoms with Crippen molar-refractivity contribution in [2.45, 2.75) is 6.42 Å². The van der Waals surface area contributed by atoms with E-state index < -0.39 is 0 Å². The van der Waals surface area contributed by atoms with Crippen LogP contribution in [0.5, 0.6) is 0 Å². The molecule has 80 valence electrons. The zero-order valence-corrected chi connectivity index (χ0v) is 9.49. The molecule has 16 heavy (non-hydrogen) atoms. The van der Waals surface area contributed by atoms with Crippen LogP contribution in [0.1, 0.15) is 5.56 Å². The maximum atomic E-state index is 11.1. The SMILES string of the molecule is Bc1ccc2cc(CC(=O)OC)ccc2c1. The minimum Gasteiger partial charge on any atom is -0.469 e. The second-order valence-electron chi connectivity index (χ2n) is 3.94. The highest BCUT2D eigenvalue weighted by molar-refractivity contribution is 6.33. The van der Waals surface area contributed by atoms with E-state index >= 15 is 0 Å². The summed E-state index contributed by atoms with van der Waals surface area (Å²) >= 11 is 0. The van der Waals surface area contributed by atoms with Gasteiger partial charge in [0.1, 0.15) is 7.85 Å². The topological polar surface area (TPSA) is 26.3 Å². The van der Waals surface area contributed by atoms with E-state index in [4.69, 9.17) is 0 Å². The summed E-state index contributed by atoms with van der Waals surface area (Å²) in [5.74, 6) is -0.202. The Morgan fingerprint density at radius 2 is 1.88 bits per heavy atom. The minimum atomic E-state index is -0.202. The van der Waals surface area contributed by atoms with Gasteiger partial charge in [-0.1, -0.05) is 41.9 Å². The standard InChI is InChI=1S/C13H13BO2/c1-16-13(15)7-9-2-3-11-8-12(14)5-4-10(11)6-9/h2-6,8H,7,14H2,1H3.